The van der Waals surface area contributed by atoms with Gasteiger partial charge in [-0.3, -0.25) is 40.2 Å². The van der Waals surface area contributed by atoms with Crippen LogP contribution in [0.1, 0.15) is 0 Å². The number of anilines is 2. The summed E-state index contributed by atoms with van der Waals surface area (Å²) in [6.07, 6.45) is 0. The summed E-state index contributed by atoms with van der Waals surface area (Å²) in [5.41, 5.74) is 2.38. The SMILES string of the molecule is O=[N+]([O-])c1cc([N+](=O)[O-])c(/N=N/Nc2ccccc2N=NS(=O)(=O)O)nc1N=NNc1ccccc1N=NS(=O)(=O)O. The Morgan fingerprint density at radius 3 is 1.40 bits per heavy atom. The first-order valence-electron chi connectivity index (χ1n) is 10.4. The second-order valence-electron chi connectivity index (χ2n) is 7.10. The van der Waals surface area contributed by atoms with Crippen LogP contribution in [0, 0.1) is 20.2 Å². The van der Waals surface area contributed by atoms with Gasteiger partial charge < -0.3 is 0 Å². The third-order valence-electron chi connectivity index (χ3n) is 4.28. The van der Waals surface area contributed by atoms with Crippen molar-refractivity contribution in [2.45, 2.75) is 0 Å². The van der Waals surface area contributed by atoms with E-state index < -0.39 is 53.5 Å². The summed E-state index contributed by atoms with van der Waals surface area (Å²) in [7, 11) is -9.61. The molecule has 1 heterocycles. The Balaban J connectivity index is 1.94. The highest BCUT2D eigenvalue weighted by atomic mass is 32.2. The van der Waals surface area contributed by atoms with Crippen molar-refractivity contribution in [3.63, 3.8) is 0 Å². The predicted molar refractivity (Wildman–Crippen MR) is 139 cm³/mol. The molecule has 0 radical (unpaired) electrons. The second-order valence-corrected chi connectivity index (χ2v) is 9.22. The summed E-state index contributed by atoms with van der Waals surface area (Å²) in [5.74, 6) is -1.54. The van der Waals surface area contributed by atoms with Gasteiger partial charge in [0.05, 0.1) is 21.2 Å². The zero-order chi connectivity index (χ0) is 30.9. The van der Waals surface area contributed by atoms with Crippen LogP contribution < -0.4 is 10.9 Å². The number of nitrogens with zero attached hydrogens (tertiary/aromatic N) is 11. The number of pyridine rings is 1. The maximum atomic E-state index is 11.5. The molecule has 2 aromatic carbocycles. The Hall–Kier alpha value is -5.79. The first-order chi connectivity index (χ1) is 19.7. The van der Waals surface area contributed by atoms with E-state index in [-0.39, 0.29) is 22.7 Å². The monoisotopic (exact) mass is 623 g/mol. The van der Waals surface area contributed by atoms with Gasteiger partial charge in [-0.15, -0.1) is 20.5 Å². The van der Waals surface area contributed by atoms with Crippen LogP contribution in [0.3, 0.4) is 0 Å². The third-order valence-corrected chi connectivity index (χ3v) is 4.85. The van der Waals surface area contributed by atoms with Gasteiger partial charge in [0.2, 0.25) is 0 Å². The molecule has 4 N–H and O–H groups in total. The van der Waals surface area contributed by atoms with E-state index in [1.54, 1.807) is 0 Å². The Labute approximate surface area is 232 Å². The molecule has 0 saturated carbocycles. The predicted octanol–water partition coefficient (Wildman–Crippen LogP) is 4.89. The van der Waals surface area contributed by atoms with Crippen LogP contribution in [-0.4, -0.2) is 40.8 Å². The number of nitro groups is 2. The molecule has 0 aliphatic heterocycles. The van der Waals surface area contributed by atoms with Crippen molar-refractivity contribution >= 4 is 66.4 Å². The molecule has 0 atom stereocenters. The molecule has 0 fully saturated rings. The van der Waals surface area contributed by atoms with Crippen LogP contribution in [0.4, 0.5) is 45.8 Å². The van der Waals surface area contributed by atoms with Gasteiger partial charge in [-0.1, -0.05) is 34.7 Å². The summed E-state index contributed by atoms with van der Waals surface area (Å²) >= 11 is 0. The Morgan fingerprint density at radius 1 is 0.667 bits per heavy atom. The van der Waals surface area contributed by atoms with Gasteiger partial charge in [0.15, 0.2) is 0 Å². The maximum Gasteiger partial charge on any atom is 0.396 e. The van der Waals surface area contributed by atoms with Gasteiger partial charge >= 0.3 is 32.0 Å². The lowest BCUT2D eigenvalue weighted by Crippen LogP contribution is -1.97. The fourth-order valence-electron chi connectivity index (χ4n) is 2.64. The van der Waals surface area contributed by atoms with Crippen molar-refractivity contribution in [1.82, 2.24) is 4.98 Å². The molecule has 1 aromatic heterocycles. The highest BCUT2D eigenvalue weighted by molar-refractivity contribution is 7.84. The number of nitrogens with one attached hydrogen (secondary N) is 2. The van der Waals surface area contributed by atoms with Gasteiger partial charge in [-0.05, 0) is 33.3 Å². The number of benzene rings is 2. The van der Waals surface area contributed by atoms with Crippen molar-refractivity contribution < 1.29 is 35.8 Å². The summed E-state index contributed by atoms with van der Waals surface area (Å²) in [4.78, 5) is 24.6. The number of aromatic nitrogens is 1. The van der Waals surface area contributed by atoms with Gasteiger partial charge in [0, 0.05) is 0 Å². The molecule has 0 bridgehead atoms. The molecule has 218 valence electrons. The van der Waals surface area contributed by atoms with E-state index in [0.717, 1.165) is 0 Å². The molecule has 25 heteroatoms. The Bertz CT molecular complexity index is 1730. The molecule has 0 amide bonds. The quantitative estimate of drug-likeness (QED) is 0.0903. The fraction of sp³-hybridized carbons (Fsp3) is 0. The summed E-state index contributed by atoms with van der Waals surface area (Å²) in [6, 6.07) is 11.5. The molecule has 0 saturated heterocycles. The van der Waals surface area contributed by atoms with Gasteiger partial charge in [-0.25, -0.2) is 0 Å². The van der Waals surface area contributed by atoms with Crippen LogP contribution >= 0.6 is 0 Å². The highest BCUT2D eigenvalue weighted by Crippen LogP contribution is 2.36. The van der Waals surface area contributed by atoms with Crippen LogP contribution in [0.25, 0.3) is 0 Å². The summed E-state index contributed by atoms with van der Waals surface area (Å²) < 4.78 is 66.1. The zero-order valence-electron chi connectivity index (χ0n) is 20.1. The van der Waals surface area contributed by atoms with Crippen LogP contribution in [0.2, 0.25) is 0 Å². The number of hydrogen-bond acceptors (Lipinski definition) is 15. The number of para-hydroxylation sites is 2. The van der Waals surface area contributed by atoms with Gasteiger partial charge in [0.1, 0.15) is 17.4 Å². The average molecular weight is 624 g/mol. The summed E-state index contributed by atoms with van der Waals surface area (Å²) in [5, 5.41) is 43.7. The molecule has 0 aliphatic rings. The summed E-state index contributed by atoms with van der Waals surface area (Å²) in [6.45, 7) is 0. The van der Waals surface area contributed by atoms with Crippen LogP contribution in [0.5, 0.6) is 0 Å². The van der Waals surface area contributed by atoms with E-state index >= 15 is 0 Å². The first kappa shape index (κ1) is 30.7. The van der Waals surface area contributed by atoms with Crippen LogP contribution in [0.15, 0.2) is 94.5 Å². The Kier molecular flexibility index (Phi) is 9.55. The lowest BCUT2D eigenvalue weighted by molar-refractivity contribution is -0.393. The number of hydrogen-bond donors (Lipinski definition) is 4. The van der Waals surface area contributed by atoms with E-state index in [4.69, 9.17) is 9.11 Å². The van der Waals surface area contributed by atoms with E-state index in [1.807, 2.05) is 0 Å². The lowest BCUT2D eigenvalue weighted by atomic mass is 10.3. The van der Waals surface area contributed by atoms with Crippen molar-refractivity contribution in [3.05, 3.63) is 74.8 Å². The van der Waals surface area contributed by atoms with E-state index in [2.05, 4.69) is 55.8 Å². The molecule has 0 aliphatic carbocycles. The van der Waals surface area contributed by atoms with Crippen molar-refractivity contribution in [2.24, 2.45) is 39.9 Å². The topological polar surface area (TPSA) is 331 Å². The molecular weight excluding hydrogens is 610 g/mol. The van der Waals surface area contributed by atoms with Crippen molar-refractivity contribution in [2.75, 3.05) is 10.9 Å². The Morgan fingerprint density at radius 2 is 1.05 bits per heavy atom. The third kappa shape index (κ3) is 9.15. The van der Waals surface area contributed by atoms with Gasteiger partial charge in [0.25, 0.3) is 11.6 Å². The normalized spacial score (nSPS) is 12.4. The molecule has 3 rings (SSSR count). The smallest absolute Gasteiger partial charge is 0.267 e. The maximum absolute atomic E-state index is 11.5. The molecule has 3 aromatic rings. The molecular formula is C17H13N13O10S2. The van der Waals surface area contributed by atoms with Crippen molar-refractivity contribution in [3.8, 4) is 0 Å². The fourth-order valence-corrected chi connectivity index (χ4v) is 3.03. The van der Waals surface area contributed by atoms with Crippen molar-refractivity contribution in [1.29, 1.82) is 0 Å². The standard InChI is InChI=1S/C17H13N13O10S2/c31-29(32)14-9-15(30(33)34)17(24-26-20-11-6-2-4-8-13(11)22-28-42(38,39)40)18-16(14)23-25-19-10-5-1-3-7-12(10)21-27-41(35,36)37/h1-9H,(H,35,36,37)(H,38,39,40)(H2,18,19,20,23,24). The minimum Gasteiger partial charge on any atom is -0.267 e. The zero-order valence-corrected chi connectivity index (χ0v) is 21.7. The minimum absolute atomic E-state index is 0.0212. The van der Waals surface area contributed by atoms with Gasteiger partial charge in [-0.2, -0.15) is 21.8 Å². The average Bonchev–Trinajstić information content (AvgIpc) is 2.91. The van der Waals surface area contributed by atoms with E-state index in [1.165, 1.54) is 48.5 Å². The number of rotatable bonds is 12. The molecule has 0 unspecified atom stereocenters. The second kappa shape index (κ2) is 13.0. The van der Waals surface area contributed by atoms with E-state index in [0.29, 0.717) is 6.07 Å². The highest BCUT2D eigenvalue weighted by Gasteiger charge is 2.27. The minimum atomic E-state index is -4.80. The lowest BCUT2D eigenvalue weighted by Gasteiger charge is -2.03. The van der Waals surface area contributed by atoms with Crippen LogP contribution in [-0.2, 0) is 20.6 Å². The largest absolute Gasteiger partial charge is 0.396 e. The van der Waals surface area contributed by atoms with E-state index in [9.17, 15) is 37.1 Å². The molecule has 0 spiro atoms. The molecule has 42 heavy (non-hydrogen) atoms. The molecule has 23 nitrogen and oxygen atoms in total. The first-order valence-corrected chi connectivity index (χ1v) is 13.2.